The van der Waals surface area contributed by atoms with Gasteiger partial charge in [-0.2, -0.15) is 0 Å². The molecule has 6 heteroatoms. The molecular weight excluding hydrogens is 372 g/mol. The van der Waals surface area contributed by atoms with Crippen LogP contribution in [0.1, 0.15) is 68.4 Å². The van der Waals surface area contributed by atoms with Crippen molar-refractivity contribution in [2.75, 3.05) is 7.11 Å². The van der Waals surface area contributed by atoms with Gasteiger partial charge in [-0.15, -0.1) is 0 Å². The number of methoxy groups -OCH3 is 1. The zero-order chi connectivity index (χ0) is 21.7. The van der Waals surface area contributed by atoms with Crippen LogP contribution < -0.4 is 10.4 Å². The Hall–Kier alpha value is -2.63. The molecule has 0 bridgehead atoms. The third-order valence-electron chi connectivity index (χ3n) is 4.97. The van der Waals surface area contributed by atoms with Crippen LogP contribution in [0, 0.1) is 12.8 Å². The summed E-state index contributed by atoms with van der Waals surface area (Å²) in [5.74, 6) is -0.421. The number of carbonyl (C=O) groups excluding carboxylic acids is 2. The number of carbonyl (C=O) groups is 2. The van der Waals surface area contributed by atoms with Gasteiger partial charge in [0, 0.05) is 10.9 Å². The van der Waals surface area contributed by atoms with Crippen molar-refractivity contribution in [1.82, 2.24) is 0 Å². The Bertz CT molecular complexity index is 954. The highest BCUT2D eigenvalue weighted by atomic mass is 16.6. The second-order valence-electron chi connectivity index (χ2n) is 7.73. The van der Waals surface area contributed by atoms with Gasteiger partial charge in [-0.05, 0) is 56.7 Å². The van der Waals surface area contributed by atoms with Gasteiger partial charge in [0.15, 0.2) is 17.5 Å². The fourth-order valence-electron chi connectivity index (χ4n) is 3.42. The van der Waals surface area contributed by atoms with Crippen molar-refractivity contribution in [1.29, 1.82) is 0 Å². The van der Waals surface area contributed by atoms with Gasteiger partial charge in [0.05, 0.1) is 7.11 Å². The minimum absolute atomic E-state index is 0.169. The number of ether oxygens (including phenoxy) is 2. The van der Waals surface area contributed by atoms with Crippen molar-refractivity contribution < 1.29 is 23.5 Å². The highest BCUT2D eigenvalue weighted by Crippen LogP contribution is 2.32. The lowest BCUT2D eigenvalue weighted by Gasteiger charge is -2.20. The van der Waals surface area contributed by atoms with Crippen molar-refractivity contribution in [3.8, 4) is 5.75 Å². The summed E-state index contributed by atoms with van der Waals surface area (Å²) < 4.78 is 16.3. The summed E-state index contributed by atoms with van der Waals surface area (Å²) in [6.07, 6.45) is 2.06. The van der Waals surface area contributed by atoms with E-state index < -0.39 is 17.7 Å². The number of fused-ring (bicyclic) bond motifs is 1. The maximum absolute atomic E-state index is 12.6. The first-order valence-corrected chi connectivity index (χ1v) is 10.1. The molecule has 0 saturated heterocycles. The van der Waals surface area contributed by atoms with E-state index in [0.29, 0.717) is 23.8 Å². The number of Topliss-reactive ketones (excluding diaryl/α,β-unsaturated/α-hetero) is 1. The van der Waals surface area contributed by atoms with Crippen LogP contribution in [-0.4, -0.2) is 25.0 Å². The summed E-state index contributed by atoms with van der Waals surface area (Å²) in [5.41, 5.74) is 1.38. The fraction of sp³-hybridized carbons (Fsp3) is 0.522. The summed E-state index contributed by atoms with van der Waals surface area (Å²) in [4.78, 5) is 37.2. The standard InChI is InChI=1S/C23H30O6/c1-7-8-9-17-14(4)16-10-11-18(20(15(5)24)21(16)29-22(17)25)28-19(12-13(2)3)23(26)27-6/h10-11,13,19H,7-9,12H2,1-6H3/t19-/m0/s1. The van der Waals surface area contributed by atoms with Crippen molar-refractivity contribution >= 4 is 22.7 Å². The number of ketones is 1. The number of hydrogen-bond acceptors (Lipinski definition) is 6. The smallest absolute Gasteiger partial charge is 0.347 e. The summed E-state index contributed by atoms with van der Waals surface area (Å²) in [6.45, 7) is 9.24. The third-order valence-corrected chi connectivity index (χ3v) is 4.97. The molecule has 0 radical (unpaired) electrons. The zero-order valence-corrected chi connectivity index (χ0v) is 18.1. The molecule has 0 N–H and O–H groups in total. The van der Waals surface area contributed by atoms with Gasteiger partial charge in [0.2, 0.25) is 0 Å². The van der Waals surface area contributed by atoms with E-state index in [1.165, 1.54) is 14.0 Å². The van der Waals surface area contributed by atoms with Crippen LogP contribution in [0.5, 0.6) is 5.75 Å². The summed E-state index contributed by atoms with van der Waals surface area (Å²) in [6, 6.07) is 3.43. The SMILES string of the molecule is CCCCc1c(C)c2ccc(O[C@@H](CC(C)C)C(=O)OC)c(C(C)=O)c2oc1=O. The first-order chi connectivity index (χ1) is 13.7. The molecule has 0 aliphatic rings. The Balaban J connectivity index is 2.63. The molecular formula is C23H30O6. The van der Waals surface area contributed by atoms with Gasteiger partial charge in [-0.3, -0.25) is 4.79 Å². The summed E-state index contributed by atoms with van der Waals surface area (Å²) >= 11 is 0. The summed E-state index contributed by atoms with van der Waals surface area (Å²) in [5, 5.41) is 0.701. The van der Waals surface area contributed by atoms with Crippen molar-refractivity contribution in [3.05, 3.63) is 39.2 Å². The summed E-state index contributed by atoms with van der Waals surface area (Å²) in [7, 11) is 1.30. The van der Waals surface area contributed by atoms with Gasteiger partial charge < -0.3 is 13.9 Å². The van der Waals surface area contributed by atoms with Gasteiger partial charge >= 0.3 is 11.6 Å². The monoisotopic (exact) mass is 402 g/mol. The van der Waals surface area contributed by atoms with Gasteiger partial charge in [-0.1, -0.05) is 27.2 Å². The number of aryl methyl sites for hydroxylation is 1. The Kier molecular flexibility index (Phi) is 7.59. The Labute approximate surface area is 171 Å². The molecule has 0 unspecified atom stereocenters. The predicted molar refractivity (Wildman–Crippen MR) is 112 cm³/mol. The molecule has 1 heterocycles. The van der Waals surface area contributed by atoms with Crippen LogP contribution in [0.3, 0.4) is 0 Å². The van der Waals surface area contributed by atoms with E-state index in [9.17, 15) is 14.4 Å². The molecule has 1 aromatic carbocycles. The molecule has 2 aromatic rings. The minimum atomic E-state index is -0.854. The van der Waals surface area contributed by atoms with Gasteiger partial charge in [0.25, 0.3) is 0 Å². The molecule has 2 rings (SSSR count). The average Bonchev–Trinajstić information content (AvgIpc) is 2.65. The Morgan fingerprint density at radius 3 is 2.45 bits per heavy atom. The first kappa shape index (κ1) is 22.7. The topological polar surface area (TPSA) is 82.8 Å². The molecule has 0 fully saturated rings. The normalized spacial score (nSPS) is 12.2. The van der Waals surface area contributed by atoms with Crippen LogP contribution in [0.2, 0.25) is 0 Å². The molecule has 29 heavy (non-hydrogen) atoms. The second kappa shape index (κ2) is 9.72. The van der Waals surface area contributed by atoms with E-state index in [0.717, 1.165) is 18.4 Å². The quantitative estimate of drug-likeness (QED) is 0.346. The van der Waals surface area contributed by atoms with Crippen molar-refractivity contribution in [3.63, 3.8) is 0 Å². The second-order valence-corrected chi connectivity index (χ2v) is 7.73. The highest BCUT2D eigenvalue weighted by molar-refractivity contribution is 6.08. The van der Waals surface area contributed by atoms with Crippen molar-refractivity contribution in [2.45, 2.75) is 66.4 Å². The minimum Gasteiger partial charge on any atom is -0.478 e. The molecule has 0 saturated carbocycles. The lowest BCUT2D eigenvalue weighted by Crippen LogP contribution is -2.30. The lowest BCUT2D eigenvalue weighted by molar-refractivity contribution is -0.149. The van der Waals surface area contributed by atoms with Crippen molar-refractivity contribution in [2.24, 2.45) is 5.92 Å². The van der Waals surface area contributed by atoms with Gasteiger partial charge in [0.1, 0.15) is 11.3 Å². The zero-order valence-electron chi connectivity index (χ0n) is 18.1. The van der Waals surface area contributed by atoms with E-state index in [1.807, 2.05) is 20.8 Å². The number of unbranched alkanes of at least 4 members (excludes halogenated alkanes) is 1. The maximum atomic E-state index is 12.6. The molecule has 0 amide bonds. The molecule has 0 spiro atoms. The average molecular weight is 402 g/mol. The van der Waals surface area contributed by atoms with E-state index >= 15 is 0 Å². The Morgan fingerprint density at radius 1 is 1.21 bits per heavy atom. The number of esters is 1. The highest BCUT2D eigenvalue weighted by Gasteiger charge is 2.26. The molecule has 1 atom stereocenters. The Morgan fingerprint density at radius 2 is 1.90 bits per heavy atom. The van der Waals surface area contributed by atoms with Gasteiger partial charge in [-0.25, -0.2) is 9.59 Å². The molecule has 0 aliphatic carbocycles. The molecule has 1 aromatic heterocycles. The number of rotatable bonds is 9. The molecule has 6 nitrogen and oxygen atoms in total. The largest absolute Gasteiger partial charge is 0.478 e. The van der Waals surface area contributed by atoms with Crippen LogP contribution in [0.15, 0.2) is 21.3 Å². The molecule has 0 aliphatic heterocycles. The van der Waals surface area contributed by atoms with E-state index in [-0.39, 0.29) is 28.6 Å². The fourth-order valence-corrected chi connectivity index (χ4v) is 3.42. The maximum Gasteiger partial charge on any atom is 0.347 e. The number of hydrogen-bond donors (Lipinski definition) is 0. The lowest BCUT2D eigenvalue weighted by atomic mass is 9.98. The van der Waals surface area contributed by atoms with Crippen LogP contribution in [0.25, 0.3) is 11.0 Å². The van der Waals surface area contributed by atoms with Crippen LogP contribution in [0.4, 0.5) is 0 Å². The van der Waals surface area contributed by atoms with Crippen LogP contribution in [-0.2, 0) is 16.0 Å². The van der Waals surface area contributed by atoms with E-state index in [1.54, 1.807) is 12.1 Å². The number of benzene rings is 1. The first-order valence-electron chi connectivity index (χ1n) is 10.1. The predicted octanol–water partition coefficient (Wildman–Crippen LogP) is 4.61. The van der Waals surface area contributed by atoms with E-state index in [4.69, 9.17) is 13.9 Å². The van der Waals surface area contributed by atoms with E-state index in [2.05, 4.69) is 6.92 Å². The third kappa shape index (κ3) is 5.05. The van der Waals surface area contributed by atoms with Crippen LogP contribution >= 0.6 is 0 Å². The molecule has 158 valence electrons.